The first-order valence-corrected chi connectivity index (χ1v) is 4.46. The Balaban J connectivity index is 3.59. The van der Waals surface area contributed by atoms with Gasteiger partial charge < -0.3 is 0 Å². The van der Waals surface area contributed by atoms with E-state index in [1.807, 2.05) is 6.92 Å². The van der Waals surface area contributed by atoms with Gasteiger partial charge in [0.05, 0.1) is 6.54 Å². The maximum Gasteiger partial charge on any atom is 0.248 e. The lowest BCUT2D eigenvalue weighted by molar-refractivity contribution is -0.122. The normalized spacial score (nSPS) is 10.3. The first kappa shape index (κ1) is 11.4. The minimum atomic E-state index is -0.118. The van der Waals surface area contributed by atoms with Crippen LogP contribution in [0.4, 0.5) is 0 Å². The molecular weight excluding hydrogens is 154 g/mol. The molecule has 0 radical (unpaired) electrons. The highest BCUT2D eigenvalue weighted by Gasteiger charge is 2.05. The Bertz CT molecular complexity index is 127. The summed E-state index contributed by atoms with van der Waals surface area (Å²) >= 11 is 0. The van der Waals surface area contributed by atoms with E-state index in [0.717, 1.165) is 25.9 Å². The van der Waals surface area contributed by atoms with Crippen LogP contribution in [-0.4, -0.2) is 30.4 Å². The van der Waals surface area contributed by atoms with Gasteiger partial charge in [-0.3, -0.25) is 15.1 Å². The van der Waals surface area contributed by atoms with Crippen molar-refractivity contribution in [2.45, 2.75) is 26.7 Å². The quantitative estimate of drug-likeness (QED) is 0.340. The standard InChI is InChI=1S/C8H19N3O/c1-3-5-6-11(4-2)7-8(12)10-9/h3-7,9H2,1-2H3,(H,10,12). The van der Waals surface area contributed by atoms with Gasteiger partial charge in [-0.05, 0) is 19.5 Å². The van der Waals surface area contributed by atoms with Crippen LogP contribution in [0.2, 0.25) is 0 Å². The van der Waals surface area contributed by atoms with E-state index in [-0.39, 0.29) is 5.91 Å². The van der Waals surface area contributed by atoms with Gasteiger partial charge >= 0.3 is 0 Å². The molecule has 0 aliphatic carbocycles. The Kier molecular flexibility index (Phi) is 6.70. The van der Waals surface area contributed by atoms with Crippen molar-refractivity contribution in [3.8, 4) is 0 Å². The van der Waals surface area contributed by atoms with Crippen molar-refractivity contribution < 1.29 is 4.79 Å². The number of nitrogens with one attached hydrogen (secondary N) is 1. The van der Waals surface area contributed by atoms with Crippen LogP contribution < -0.4 is 11.3 Å². The summed E-state index contributed by atoms with van der Waals surface area (Å²) in [5, 5.41) is 0. The van der Waals surface area contributed by atoms with Crippen LogP contribution in [0.1, 0.15) is 26.7 Å². The topological polar surface area (TPSA) is 58.4 Å². The molecule has 0 fully saturated rings. The molecule has 0 saturated carbocycles. The fraction of sp³-hybridized carbons (Fsp3) is 0.875. The van der Waals surface area contributed by atoms with Crippen LogP contribution >= 0.6 is 0 Å². The second kappa shape index (κ2) is 7.06. The van der Waals surface area contributed by atoms with E-state index < -0.39 is 0 Å². The minimum Gasteiger partial charge on any atom is -0.295 e. The van der Waals surface area contributed by atoms with Crippen molar-refractivity contribution in [1.82, 2.24) is 10.3 Å². The lowest BCUT2D eigenvalue weighted by atomic mass is 10.3. The molecule has 0 unspecified atom stereocenters. The smallest absolute Gasteiger partial charge is 0.248 e. The molecule has 12 heavy (non-hydrogen) atoms. The second-order valence-electron chi connectivity index (χ2n) is 2.79. The lowest BCUT2D eigenvalue weighted by Gasteiger charge is -2.18. The molecule has 0 spiro atoms. The number of carbonyl (C=O) groups is 1. The molecule has 0 aromatic carbocycles. The van der Waals surface area contributed by atoms with E-state index in [4.69, 9.17) is 5.84 Å². The predicted molar refractivity (Wildman–Crippen MR) is 49.4 cm³/mol. The van der Waals surface area contributed by atoms with Crippen molar-refractivity contribution >= 4 is 5.91 Å². The minimum absolute atomic E-state index is 0.118. The Labute approximate surface area is 74.1 Å². The molecule has 0 heterocycles. The van der Waals surface area contributed by atoms with Crippen LogP contribution in [0.3, 0.4) is 0 Å². The van der Waals surface area contributed by atoms with E-state index in [2.05, 4.69) is 17.2 Å². The second-order valence-corrected chi connectivity index (χ2v) is 2.79. The third kappa shape index (κ3) is 5.09. The van der Waals surface area contributed by atoms with Gasteiger partial charge in [-0.15, -0.1) is 0 Å². The molecule has 0 aliphatic heterocycles. The zero-order chi connectivity index (χ0) is 9.40. The maximum atomic E-state index is 10.9. The average Bonchev–Trinajstić information content (AvgIpc) is 2.11. The van der Waals surface area contributed by atoms with Gasteiger partial charge in [-0.1, -0.05) is 20.3 Å². The van der Waals surface area contributed by atoms with Crippen LogP contribution in [0, 0.1) is 0 Å². The van der Waals surface area contributed by atoms with E-state index >= 15 is 0 Å². The Morgan fingerprint density at radius 1 is 1.50 bits per heavy atom. The first-order valence-electron chi connectivity index (χ1n) is 4.46. The highest BCUT2D eigenvalue weighted by molar-refractivity contribution is 5.77. The van der Waals surface area contributed by atoms with Crippen LogP contribution in [0.5, 0.6) is 0 Å². The van der Waals surface area contributed by atoms with Gasteiger partial charge in [0.1, 0.15) is 0 Å². The third-order valence-corrected chi connectivity index (χ3v) is 1.80. The van der Waals surface area contributed by atoms with E-state index in [9.17, 15) is 4.79 Å². The number of likely N-dealkylation sites (N-methyl/N-ethyl adjacent to an activating group) is 1. The third-order valence-electron chi connectivity index (χ3n) is 1.80. The van der Waals surface area contributed by atoms with Gasteiger partial charge in [0.2, 0.25) is 5.91 Å². The van der Waals surface area contributed by atoms with Crippen molar-refractivity contribution in [2.75, 3.05) is 19.6 Å². The van der Waals surface area contributed by atoms with Crippen molar-refractivity contribution in [3.63, 3.8) is 0 Å². The van der Waals surface area contributed by atoms with Gasteiger partial charge in [0.25, 0.3) is 0 Å². The Hall–Kier alpha value is -0.610. The number of hydrogen-bond donors (Lipinski definition) is 2. The summed E-state index contributed by atoms with van der Waals surface area (Å²) in [7, 11) is 0. The largest absolute Gasteiger partial charge is 0.295 e. The van der Waals surface area contributed by atoms with Crippen molar-refractivity contribution in [2.24, 2.45) is 5.84 Å². The van der Waals surface area contributed by atoms with Gasteiger partial charge in [-0.2, -0.15) is 0 Å². The summed E-state index contributed by atoms with van der Waals surface area (Å²) in [6.07, 6.45) is 2.28. The summed E-state index contributed by atoms with van der Waals surface area (Å²) in [5.41, 5.74) is 2.13. The molecule has 4 heteroatoms. The molecule has 0 atom stereocenters. The number of hydrogen-bond acceptors (Lipinski definition) is 3. The monoisotopic (exact) mass is 173 g/mol. The number of unbranched alkanes of at least 4 members (excludes halogenated alkanes) is 1. The number of carbonyl (C=O) groups excluding carboxylic acids is 1. The van der Waals surface area contributed by atoms with Crippen LogP contribution in [-0.2, 0) is 4.79 Å². The summed E-state index contributed by atoms with van der Waals surface area (Å²) in [4.78, 5) is 12.9. The van der Waals surface area contributed by atoms with Gasteiger partial charge in [0, 0.05) is 0 Å². The fourth-order valence-corrected chi connectivity index (χ4v) is 0.979. The van der Waals surface area contributed by atoms with Crippen molar-refractivity contribution in [3.05, 3.63) is 0 Å². The molecule has 72 valence electrons. The molecule has 0 rings (SSSR count). The molecule has 0 aliphatic rings. The van der Waals surface area contributed by atoms with Crippen molar-refractivity contribution in [1.29, 1.82) is 0 Å². The number of rotatable bonds is 6. The zero-order valence-corrected chi connectivity index (χ0v) is 7.97. The van der Waals surface area contributed by atoms with Crippen LogP contribution in [0.25, 0.3) is 0 Å². The fourth-order valence-electron chi connectivity index (χ4n) is 0.979. The maximum absolute atomic E-state index is 10.9. The molecule has 3 N–H and O–H groups in total. The highest BCUT2D eigenvalue weighted by Crippen LogP contribution is 1.93. The summed E-state index contributed by atoms with van der Waals surface area (Å²) in [6, 6.07) is 0. The van der Waals surface area contributed by atoms with Gasteiger partial charge in [-0.25, -0.2) is 5.84 Å². The number of nitrogens with two attached hydrogens (primary N) is 1. The van der Waals surface area contributed by atoms with E-state index in [1.165, 1.54) is 0 Å². The molecule has 0 bridgehead atoms. The SMILES string of the molecule is CCCCN(CC)CC(=O)NN. The molecule has 1 amide bonds. The molecule has 4 nitrogen and oxygen atoms in total. The van der Waals surface area contributed by atoms with Crippen LogP contribution in [0.15, 0.2) is 0 Å². The average molecular weight is 173 g/mol. The highest BCUT2D eigenvalue weighted by atomic mass is 16.2. The van der Waals surface area contributed by atoms with Gasteiger partial charge in [0.15, 0.2) is 0 Å². The van der Waals surface area contributed by atoms with E-state index in [0.29, 0.717) is 6.54 Å². The molecular formula is C8H19N3O. The molecule has 0 aromatic heterocycles. The first-order chi connectivity index (χ1) is 5.74. The number of amides is 1. The lowest BCUT2D eigenvalue weighted by Crippen LogP contribution is -2.40. The zero-order valence-electron chi connectivity index (χ0n) is 7.97. The summed E-state index contributed by atoms with van der Waals surface area (Å²) < 4.78 is 0. The Morgan fingerprint density at radius 2 is 2.17 bits per heavy atom. The predicted octanol–water partition coefficient (Wildman–Crippen LogP) is 0.0983. The van der Waals surface area contributed by atoms with E-state index in [1.54, 1.807) is 0 Å². The summed E-state index contributed by atoms with van der Waals surface area (Å²) in [6.45, 7) is 6.46. The molecule has 0 saturated heterocycles. The molecule has 0 aromatic rings. The number of nitrogens with zero attached hydrogens (tertiary/aromatic N) is 1. The summed E-state index contributed by atoms with van der Waals surface area (Å²) in [5.74, 6) is 4.86. The number of hydrazine groups is 1. The Morgan fingerprint density at radius 3 is 2.58 bits per heavy atom.